The number of hydrogen-bond acceptors (Lipinski definition) is 4. The number of piperazine rings is 1. The van der Waals surface area contributed by atoms with Crippen LogP contribution < -0.4 is 0 Å². The lowest BCUT2D eigenvalue weighted by molar-refractivity contribution is -0.137. The van der Waals surface area contributed by atoms with E-state index >= 15 is 0 Å². The van der Waals surface area contributed by atoms with Gasteiger partial charge in [-0.25, -0.2) is 4.79 Å². The van der Waals surface area contributed by atoms with Gasteiger partial charge in [0.2, 0.25) is 5.91 Å². The summed E-state index contributed by atoms with van der Waals surface area (Å²) in [5, 5.41) is 0. The minimum atomic E-state index is -0.432. The van der Waals surface area contributed by atoms with E-state index in [1.165, 1.54) is 4.90 Å². The van der Waals surface area contributed by atoms with Crippen LogP contribution in [0.1, 0.15) is 18.4 Å². The van der Waals surface area contributed by atoms with Gasteiger partial charge in [0, 0.05) is 26.2 Å². The molecular weight excluding hydrogens is 296 g/mol. The highest BCUT2D eigenvalue weighted by Crippen LogP contribution is 2.15. The first-order chi connectivity index (χ1) is 11.2. The SMILES string of the molecule is O=C1CN(C(=O)OCc2ccccc2)CCN1CC1CCCO1. The van der Waals surface area contributed by atoms with Crippen LogP contribution in [0, 0.1) is 0 Å². The molecule has 0 spiro atoms. The first-order valence-corrected chi connectivity index (χ1v) is 8.07. The van der Waals surface area contributed by atoms with Gasteiger partial charge in [0.25, 0.3) is 0 Å². The maximum absolute atomic E-state index is 12.2. The van der Waals surface area contributed by atoms with Gasteiger partial charge in [-0.05, 0) is 18.4 Å². The molecular formula is C17H22N2O4. The molecule has 2 amide bonds. The maximum atomic E-state index is 12.2. The van der Waals surface area contributed by atoms with Crippen molar-refractivity contribution in [2.45, 2.75) is 25.6 Å². The molecule has 1 aromatic carbocycles. The van der Waals surface area contributed by atoms with E-state index in [1.54, 1.807) is 4.90 Å². The Balaban J connectivity index is 1.45. The van der Waals surface area contributed by atoms with Crippen molar-refractivity contribution >= 4 is 12.0 Å². The molecule has 0 aromatic heterocycles. The number of hydrogen-bond donors (Lipinski definition) is 0. The average Bonchev–Trinajstić information content (AvgIpc) is 3.08. The zero-order valence-electron chi connectivity index (χ0n) is 13.1. The predicted octanol–water partition coefficient (Wildman–Crippen LogP) is 1.65. The van der Waals surface area contributed by atoms with Gasteiger partial charge < -0.3 is 14.4 Å². The number of carbonyl (C=O) groups is 2. The first-order valence-electron chi connectivity index (χ1n) is 8.07. The Morgan fingerprint density at radius 1 is 1.26 bits per heavy atom. The summed E-state index contributed by atoms with van der Waals surface area (Å²) < 4.78 is 10.8. The van der Waals surface area contributed by atoms with Crippen LogP contribution in [0.25, 0.3) is 0 Å². The first kappa shape index (κ1) is 15.8. The Morgan fingerprint density at radius 2 is 2.09 bits per heavy atom. The van der Waals surface area contributed by atoms with Crippen molar-refractivity contribution in [1.82, 2.24) is 9.80 Å². The minimum absolute atomic E-state index is 0.0385. The molecule has 2 aliphatic rings. The van der Waals surface area contributed by atoms with Gasteiger partial charge >= 0.3 is 6.09 Å². The Bertz CT molecular complexity index is 543. The summed E-state index contributed by atoms with van der Waals surface area (Å²) in [4.78, 5) is 27.5. The second-order valence-corrected chi connectivity index (χ2v) is 5.94. The van der Waals surface area contributed by atoms with Gasteiger partial charge in [0.05, 0.1) is 6.10 Å². The highest BCUT2D eigenvalue weighted by Gasteiger charge is 2.30. The van der Waals surface area contributed by atoms with Gasteiger partial charge in [-0.3, -0.25) is 9.69 Å². The molecule has 1 aromatic rings. The van der Waals surface area contributed by atoms with Crippen LogP contribution in [0.2, 0.25) is 0 Å². The number of benzene rings is 1. The molecule has 0 N–H and O–H groups in total. The normalized spacial score (nSPS) is 21.6. The van der Waals surface area contributed by atoms with E-state index in [9.17, 15) is 9.59 Å². The van der Waals surface area contributed by atoms with Crippen LogP contribution in [0.3, 0.4) is 0 Å². The third kappa shape index (κ3) is 4.22. The Morgan fingerprint density at radius 3 is 2.78 bits per heavy atom. The maximum Gasteiger partial charge on any atom is 0.410 e. The highest BCUT2D eigenvalue weighted by molar-refractivity contribution is 5.83. The van der Waals surface area contributed by atoms with Crippen LogP contribution in [0.4, 0.5) is 4.79 Å². The minimum Gasteiger partial charge on any atom is -0.445 e. The summed E-state index contributed by atoms with van der Waals surface area (Å²) in [6, 6.07) is 9.51. The third-order valence-electron chi connectivity index (χ3n) is 4.23. The fraction of sp³-hybridized carbons (Fsp3) is 0.529. The van der Waals surface area contributed by atoms with Gasteiger partial charge in [0.1, 0.15) is 13.2 Å². The van der Waals surface area contributed by atoms with Crippen LogP contribution >= 0.6 is 0 Å². The second-order valence-electron chi connectivity index (χ2n) is 5.94. The number of amides is 2. The van der Waals surface area contributed by atoms with Crippen molar-refractivity contribution in [3.63, 3.8) is 0 Å². The van der Waals surface area contributed by atoms with Crippen LogP contribution in [-0.4, -0.2) is 60.7 Å². The molecule has 2 aliphatic heterocycles. The molecule has 6 nitrogen and oxygen atoms in total. The van der Waals surface area contributed by atoms with E-state index in [1.807, 2.05) is 30.3 Å². The van der Waals surface area contributed by atoms with E-state index in [0.717, 1.165) is 25.0 Å². The topological polar surface area (TPSA) is 59.1 Å². The lowest BCUT2D eigenvalue weighted by Crippen LogP contribution is -2.53. The van der Waals surface area contributed by atoms with Crippen molar-refractivity contribution in [3.8, 4) is 0 Å². The standard InChI is InChI=1S/C17H22N2O4/c20-16-12-19(9-8-18(16)11-15-7-4-10-22-15)17(21)23-13-14-5-2-1-3-6-14/h1-3,5-6,15H,4,7-13H2. The van der Waals surface area contributed by atoms with Gasteiger partial charge in [-0.1, -0.05) is 30.3 Å². The molecule has 1 unspecified atom stereocenters. The molecule has 0 radical (unpaired) electrons. The lowest BCUT2D eigenvalue weighted by Gasteiger charge is -2.34. The van der Waals surface area contributed by atoms with Crippen molar-refractivity contribution in [2.24, 2.45) is 0 Å². The molecule has 2 fully saturated rings. The van der Waals surface area contributed by atoms with Crippen LogP contribution in [0.5, 0.6) is 0 Å². The summed E-state index contributed by atoms with van der Waals surface area (Å²) in [5.41, 5.74) is 0.934. The van der Waals surface area contributed by atoms with Gasteiger partial charge in [-0.2, -0.15) is 0 Å². The number of carbonyl (C=O) groups excluding carboxylic acids is 2. The zero-order valence-corrected chi connectivity index (χ0v) is 13.1. The van der Waals surface area contributed by atoms with Crippen LogP contribution in [-0.2, 0) is 20.9 Å². The molecule has 124 valence electrons. The van der Waals surface area contributed by atoms with Crippen molar-refractivity contribution < 1.29 is 19.1 Å². The van der Waals surface area contributed by atoms with Crippen molar-refractivity contribution in [2.75, 3.05) is 32.8 Å². The summed E-state index contributed by atoms with van der Waals surface area (Å²) >= 11 is 0. The average molecular weight is 318 g/mol. The Hall–Kier alpha value is -2.08. The summed E-state index contributed by atoms with van der Waals surface area (Å²) in [6.07, 6.45) is 1.78. The summed E-state index contributed by atoms with van der Waals surface area (Å²) in [6.45, 7) is 2.77. The molecule has 6 heteroatoms. The molecule has 2 heterocycles. The molecule has 23 heavy (non-hydrogen) atoms. The predicted molar refractivity (Wildman–Crippen MR) is 83.8 cm³/mol. The largest absolute Gasteiger partial charge is 0.445 e. The lowest BCUT2D eigenvalue weighted by atomic mass is 10.2. The van der Waals surface area contributed by atoms with Crippen molar-refractivity contribution in [3.05, 3.63) is 35.9 Å². The van der Waals surface area contributed by atoms with E-state index < -0.39 is 6.09 Å². The molecule has 2 saturated heterocycles. The zero-order chi connectivity index (χ0) is 16.1. The van der Waals surface area contributed by atoms with E-state index in [0.29, 0.717) is 19.6 Å². The monoisotopic (exact) mass is 318 g/mol. The summed E-state index contributed by atoms with van der Waals surface area (Å²) in [5.74, 6) is -0.0385. The number of ether oxygens (including phenoxy) is 2. The Kier molecular flexibility index (Phi) is 5.12. The quantitative estimate of drug-likeness (QED) is 0.847. The van der Waals surface area contributed by atoms with Crippen LogP contribution in [0.15, 0.2) is 30.3 Å². The van der Waals surface area contributed by atoms with Gasteiger partial charge in [0.15, 0.2) is 0 Å². The van der Waals surface area contributed by atoms with E-state index in [2.05, 4.69) is 0 Å². The smallest absolute Gasteiger partial charge is 0.410 e. The number of nitrogens with zero attached hydrogens (tertiary/aromatic N) is 2. The molecule has 0 aliphatic carbocycles. The van der Waals surface area contributed by atoms with E-state index in [-0.39, 0.29) is 25.2 Å². The molecule has 0 bridgehead atoms. The van der Waals surface area contributed by atoms with E-state index in [4.69, 9.17) is 9.47 Å². The number of rotatable bonds is 4. The van der Waals surface area contributed by atoms with Gasteiger partial charge in [-0.15, -0.1) is 0 Å². The molecule has 3 rings (SSSR count). The Labute approximate surface area is 136 Å². The second kappa shape index (κ2) is 7.46. The fourth-order valence-electron chi connectivity index (χ4n) is 2.90. The molecule has 1 atom stereocenters. The fourth-order valence-corrected chi connectivity index (χ4v) is 2.90. The summed E-state index contributed by atoms with van der Waals surface area (Å²) in [7, 11) is 0. The highest BCUT2D eigenvalue weighted by atomic mass is 16.6. The van der Waals surface area contributed by atoms with Crippen molar-refractivity contribution in [1.29, 1.82) is 0 Å². The molecule has 0 saturated carbocycles. The third-order valence-corrected chi connectivity index (χ3v) is 4.23.